The summed E-state index contributed by atoms with van der Waals surface area (Å²) in [6, 6.07) is 30.0. The molecule has 0 saturated carbocycles. The van der Waals surface area contributed by atoms with E-state index in [0.29, 0.717) is 19.8 Å². The predicted octanol–water partition coefficient (Wildman–Crippen LogP) is 3.98. The van der Waals surface area contributed by atoms with Gasteiger partial charge in [-0.2, -0.15) is 0 Å². The summed E-state index contributed by atoms with van der Waals surface area (Å²) in [5.41, 5.74) is 0. The maximum Gasteiger partial charge on any atom is 0.285 e. The van der Waals surface area contributed by atoms with E-state index in [0.717, 1.165) is 54.1 Å². The van der Waals surface area contributed by atoms with Gasteiger partial charge in [0, 0.05) is 46.0 Å². The fourth-order valence-electron chi connectivity index (χ4n) is 3.01. The zero-order valence-electron chi connectivity index (χ0n) is 22.3. The molecule has 0 radical (unpaired) electrons. The van der Waals surface area contributed by atoms with Crippen LogP contribution in [0, 0.1) is 0 Å². The molecule has 0 aliphatic carbocycles. The quantitative estimate of drug-likeness (QED) is 0.225. The second kappa shape index (κ2) is 25.3. The van der Waals surface area contributed by atoms with Crippen LogP contribution in [0.15, 0.2) is 91.0 Å². The average molecular weight is 590 g/mol. The molecule has 0 saturated heterocycles. The van der Waals surface area contributed by atoms with E-state index in [2.05, 4.69) is 20.8 Å². The summed E-state index contributed by atoms with van der Waals surface area (Å²) in [5, 5.41) is 27.2. The van der Waals surface area contributed by atoms with E-state index in [1.54, 1.807) is 0 Å². The fourth-order valence-corrected chi connectivity index (χ4v) is 6.04. The van der Waals surface area contributed by atoms with E-state index in [1.165, 1.54) is 0 Å². The molecular formula is C30H46O4SiZr. The van der Waals surface area contributed by atoms with Crippen molar-refractivity contribution >= 4 is 23.9 Å². The predicted molar refractivity (Wildman–Crippen MR) is 152 cm³/mol. The van der Waals surface area contributed by atoms with Gasteiger partial charge in [-0.25, -0.2) is 0 Å². The maximum atomic E-state index is 11.6. The topological polar surface area (TPSA) is 80.9 Å². The third-order valence-corrected chi connectivity index (χ3v) is 8.62. The van der Waals surface area contributed by atoms with Gasteiger partial charge in [0.25, 0.3) is 8.32 Å². The van der Waals surface area contributed by atoms with Gasteiger partial charge in [0.2, 0.25) is 0 Å². The Kier molecular flexibility index (Phi) is 25.8. The Morgan fingerprint density at radius 2 is 0.694 bits per heavy atom. The molecule has 0 unspecified atom stereocenters. The van der Waals surface area contributed by atoms with Crippen LogP contribution in [0.4, 0.5) is 0 Å². The van der Waals surface area contributed by atoms with Crippen LogP contribution in [0.2, 0.25) is 0 Å². The van der Waals surface area contributed by atoms with E-state index in [-0.39, 0.29) is 26.2 Å². The van der Waals surface area contributed by atoms with Gasteiger partial charge in [-0.1, -0.05) is 131 Å². The van der Waals surface area contributed by atoms with Gasteiger partial charge in [0.15, 0.2) is 0 Å². The van der Waals surface area contributed by atoms with E-state index in [1.807, 2.05) is 91.0 Å². The number of rotatable bonds is 9. The molecule has 0 bridgehead atoms. The minimum Gasteiger partial charge on any atom is -0.421 e. The molecule has 0 aliphatic rings. The zero-order valence-corrected chi connectivity index (χ0v) is 25.8. The van der Waals surface area contributed by atoms with Crippen LogP contribution >= 0.6 is 0 Å². The van der Waals surface area contributed by atoms with Crippen LogP contribution in [0.1, 0.15) is 59.3 Å². The number of hydrogen-bond donors (Lipinski definition) is 4. The first-order valence-corrected chi connectivity index (χ1v) is 14.7. The van der Waals surface area contributed by atoms with Crippen molar-refractivity contribution in [3.05, 3.63) is 91.0 Å². The van der Waals surface area contributed by atoms with Gasteiger partial charge < -0.3 is 20.1 Å². The molecule has 0 atom stereocenters. The first-order valence-electron chi connectivity index (χ1n) is 12.8. The van der Waals surface area contributed by atoms with Crippen LogP contribution in [-0.4, -0.2) is 48.3 Å². The molecule has 3 rings (SSSR count). The normalized spacial score (nSPS) is 9.75. The third kappa shape index (κ3) is 15.0. The third-order valence-electron chi connectivity index (χ3n) is 5.11. The number of hydrogen-bond acceptors (Lipinski definition) is 4. The van der Waals surface area contributed by atoms with Crippen molar-refractivity contribution in [2.45, 2.75) is 59.3 Å². The van der Waals surface area contributed by atoms with Crippen molar-refractivity contribution in [1.82, 2.24) is 0 Å². The molecule has 0 heterocycles. The summed E-state index contributed by atoms with van der Waals surface area (Å²) in [4.78, 5) is 11.6. The molecule has 0 fully saturated rings. The summed E-state index contributed by atoms with van der Waals surface area (Å²) < 4.78 is 0. The van der Waals surface area contributed by atoms with Gasteiger partial charge in [-0.3, -0.25) is 0 Å². The summed E-state index contributed by atoms with van der Waals surface area (Å²) in [6.07, 6.45) is 6.11. The Labute approximate surface area is 239 Å². The van der Waals surface area contributed by atoms with Gasteiger partial charge in [-0.05, 0) is 34.8 Å². The second-order valence-electron chi connectivity index (χ2n) is 8.04. The summed E-state index contributed by atoms with van der Waals surface area (Å²) >= 11 is 0. The van der Waals surface area contributed by atoms with Crippen molar-refractivity contribution in [1.29, 1.82) is 0 Å². The van der Waals surface area contributed by atoms with Crippen LogP contribution in [-0.2, 0) is 26.2 Å². The van der Waals surface area contributed by atoms with Crippen molar-refractivity contribution in [2.75, 3.05) is 19.8 Å². The molecule has 6 heteroatoms. The van der Waals surface area contributed by atoms with Crippen LogP contribution < -0.4 is 15.6 Å². The minimum absolute atomic E-state index is 0. The standard InChI is InChI=1S/C18H16OSi.3C4H10O.Zr/c19-20(16-10-4-1-5-11-16,17-12-6-2-7-13-17)18-14-8-3-9-15-18;3*1-2-3-4-5;/h1-15,19H;3*5H,2-4H2,1H3;. The summed E-state index contributed by atoms with van der Waals surface area (Å²) in [7, 11) is -2.88. The largest absolute Gasteiger partial charge is 0.421 e. The SMILES string of the molecule is CCCCO.CCCCO.CCCCO.O[Si](c1ccccc1)(c1ccccc1)c1ccccc1.[Zr]. The fraction of sp³-hybridized carbons (Fsp3) is 0.400. The van der Waals surface area contributed by atoms with Gasteiger partial charge in [0.1, 0.15) is 0 Å². The minimum atomic E-state index is -2.88. The molecule has 0 aliphatic heterocycles. The molecule has 0 aromatic heterocycles. The molecule has 3 aromatic carbocycles. The van der Waals surface area contributed by atoms with Crippen molar-refractivity contribution in [3.63, 3.8) is 0 Å². The smallest absolute Gasteiger partial charge is 0.285 e. The van der Waals surface area contributed by atoms with E-state index in [9.17, 15) is 4.80 Å². The van der Waals surface area contributed by atoms with Crippen molar-refractivity contribution < 1.29 is 46.3 Å². The monoisotopic (exact) mass is 588 g/mol. The van der Waals surface area contributed by atoms with Crippen molar-refractivity contribution in [2.24, 2.45) is 0 Å². The Balaban J connectivity index is 0. The first-order chi connectivity index (χ1) is 17.1. The molecular weight excluding hydrogens is 544 g/mol. The van der Waals surface area contributed by atoms with E-state index < -0.39 is 8.32 Å². The average Bonchev–Trinajstić information content (AvgIpc) is 2.92. The molecule has 0 spiro atoms. The van der Waals surface area contributed by atoms with Gasteiger partial charge in [-0.15, -0.1) is 0 Å². The van der Waals surface area contributed by atoms with Crippen LogP contribution in [0.5, 0.6) is 0 Å². The molecule has 198 valence electrons. The second-order valence-corrected chi connectivity index (χ2v) is 11.2. The summed E-state index contributed by atoms with van der Waals surface area (Å²) in [5.74, 6) is 0. The van der Waals surface area contributed by atoms with E-state index in [4.69, 9.17) is 15.3 Å². The zero-order chi connectivity index (χ0) is 26.2. The Bertz CT molecular complexity index is 703. The first kappa shape index (κ1) is 36.8. The number of aliphatic hydroxyl groups excluding tert-OH is 3. The Hall–Kier alpha value is -1.40. The molecule has 3 aromatic rings. The molecule has 36 heavy (non-hydrogen) atoms. The van der Waals surface area contributed by atoms with Crippen LogP contribution in [0.25, 0.3) is 0 Å². The molecule has 4 nitrogen and oxygen atoms in total. The van der Waals surface area contributed by atoms with Crippen LogP contribution in [0.3, 0.4) is 0 Å². The molecule has 0 amide bonds. The van der Waals surface area contributed by atoms with Gasteiger partial charge in [0.05, 0.1) is 0 Å². The number of benzene rings is 3. The Morgan fingerprint density at radius 3 is 0.833 bits per heavy atom. The van der Waals surface area contributed by atoms with Crippen molar-refractivity contribution in [3.8, 4) is 0 Å². The van der Waals surface area contributed by atoms with E-state index >= 15 is 0 Å². The number of aliphatic hydroxyl groups is 3. The Morgan fingerprint density at radius 1 is 0.472 bits per heavy atom. The number of unbranched alkanes of at least 4 members (excludes halogenated alkanes) is 3. The summed E-state index contributed by atoms with van der Waals surface area (Å²) in [6.45, 7) is 7.19. The molecule has 4 N–H and O–H groups in total. The maximum absolute atomic E-state index is 11.6. The van der Waals surface area contributed by atoms with Gasteiger partial charge >= 0.3 is 0 Å².